The molecule has 1 aromatic carbocycles. The van der Waals surface area contributed by atoms with Crippen molar-refractivity contribution in [2.75, 3.05) is 11.1 Å². The van der Waals surface area contributed by atoms with Gasteiger partial charge in [0.15, 0.2) is 0 Å². The molecule has 0 aliphatic rings. The number of nitrogen functional groups attached to an aromatic ring is 1. The molecule has 6 heteroatoms. The van der Waals surface area contributed by atoms with Gasteiger partial charge < -0.3 is 11.1 Å². The van der Waals surface area contributed by atoms with Crippen LogP contribution in [0, 0.1) is 0 Å². The van der Waals surface area contributed by atoms with E-state index in [2.05, 4.69) is 20.5 Å². The maximum Gasteiger partial charge on any atom is 0.295 e. The molecule has 2 rings (SSSR count). The molecule has 94 valence electrons. The van der Waals surface area contributed by atoms with E-state index in [1.165, 1.54) is 0 Å². The van der Waals surface area contributed by atoms with Gasteiger partial charge in [0.2, 0.25) is 5.82 Å². The fraction of sp³-hybridized carbons (Fsp3) is 0.250. The summed E-state index contributed by atoms with van der Waals surface area (Å²) in [5, 5.41) is 9.28. The molecule has 6 nitrogen and oxygen atoms in total. The van der Waals surface area contributed by atoms with E-state index in [9.17, 15) is 4.79 Å². The summed E-state index contributed by atoms with van der Waals surface area (Å²) in [6.45, 7) is 2.03. The summed E-state index contributed by atoms with van der Waals surface area (Å²) in [7, 11) is 0. The largest absolute Gasteiger partial charge is 0.397 e. The van der Waals surface area contributed by atoms with E-state index in [4.69, 9.17) is 5.73 Å². The number of aromatic nitrogens is 3. The zero-order valence-electron chi connectivity index (χ0n) is 10.1. The Kier molecular flexibility index (Phi) is 3.57. The van der Waals surface area contributed by atoms with Crippen LogP contribution < -0.4 is 11.1 Å². The number of hydrogen-bond acceptors (Lipinski definition) is 4. The van der Waals surface area contributed by atoms with Crippen molar-refractivity contribution < 1.29 is 4.79 Å². The van der Waals surface area contributed by atoms with Gasteiger partial charge in [-0.25, -0.2) is 4.98 Å². The second-order valence-electron chi connectivity index (χ2n) is 3.90. The van der Waals surface area contributed by atoms with Crippen molar-refractivity contribution in [3.63, 3.8) is 0 Å². The molecule has 0 saturated heterocycles. The van der Waals surface area contributed by atoms with Gasteiger partial charge in [-0.1, -0.05) is 19.1 Å². The monoisotopic (exact) mass is 245 g/mol. The zero-order chi connectivity index (χ0) is 13.0. The van der Waals surface area contributed by atoms with Gasteiger partial charge >= 0.3 is 0 Å². The first-order valence-electron chi connectivity index (χ1n) is 5.78. The van der Waals surface area contributed by atoms with Gasteiger partial charge in [-0.15, -0.1) is 5.10 Å². The van der Waals surface area contributed by atoms with Crippen molar-refractivity contribution in [2.24, 2.45) is 0 Å². The molecular weight excluding hydrogens is 230 g/mol. The Morgan fingerprint density at radius 1 is 1.44 bits per heavy atom. The summed E-state index contributed by atoms with van der Waals surface area (Å²) in [4.78, 5) is 16.0. The molecule has 0 unspecified atom stereocenters. The van der Waals surface area contributed by atoms with Crippen molar-refractivity contribution in [1.29, 1.82) is 0 Å². The Morgan fingerprint density at radius 2 is 2.22 bits per heavy atom. The third-order valence-corrected chi connectivity index (χ3v) is 2.43. The van der Waals surface area contributed by atoms with Crippen LogP contribution in [-0.4, -0.2) is 21.1 Å². The molecule has 1 aromatic heterocycles. The molecule has 0 spiro atoms. The normalized spacial score (nSPS) is 10.3. The van der Waals surface area contributed by atoms with Crippen LogP contribution in [0.2, 0.25) is 0 Å². The second kappa shape index (κ2) is 5.31. The van der Waals surface area contributed by atoms with Crippen molar-refractivity contribution in [3.05, 3.63) is 35.9 Å². The predicted molar refractivity (Wildman–Crippen MR) is 69.2 cm³/mol. The van der Waals surface area contributed by atoms with E-state index in [1.807, 2.05) is 6.92 Å². The first kappa shape index (κ1) is 12.1. The average Bonchev–Trinajstić information content (AvgIpc) is 2.81. The van der Waals surface area contributed by atoms with Gasteiger partial charge in [0.1, 0.15) is 5.82 Å². The summed E-state index contributed by atoms with van der Waals surface area (Å²) < 4.78 is 0. The number of H-pyrrole nitrogens is 1. The average molecular weight is 245 g/mol. The number of nitrogens with zero attached hydrogens (tertiary/aromatic N) is 2. The fourth-order valence-electron chi connectivity index (χ4n) is 1.53. The van der Waals surface area contributed by atoms with Gasteiger partial charge in [0, 0.05) is 6.42 Å². The molecule has 0 aliphatic heterocycles. The number of aromatic amines is 1. The summed E-state index contributed by atoms with van der Waals surface area (Å²) in [5.74, 6) is 0.469. The number of carbonyl (C=O) groups is 1. The van der Waals surface area contributed by atoms with Crippen LogP contribution >= 0.6 is 0 Å². The molecule has 1 amide bonds. The number of carbonyl (C=O) groups excluding carboxylic acids is 1. The SMILES string of the molecule is CCCc1nc(C(=O)Nc2ccccc2N)n[nH]1. The minimum atomic E-state index is -0.369. The number of amides is 1. The lowest BCUT2D eigenvalue weighted by Gasteiger charge is -2.04. The van der Waals surface area contributed by atoms with Crippen LogP contribution in [0.3, 0.4) is 0 Å². The molecule has 0 radical (unpaired) electrons. The molecule has 0 fully saturated rings. The maximum atomic E-state index is 11.9. The number of nitrogens with two attached hydrogens (primary N) is 1. The van der Waals surface area contributed by atoms with Crippen molar-refractivity contribution in [1.82, 2.24) is 15.2 Å². The van der Waals surface area contributed by atoms with Gasteiger partial charge in [-0.2, -0.15) is 0 Å². The zero-order valence-corrected chi connectivity index (χ0v) is 10.1. The summed E-state index contributed by atoms with van der Waals surface area (Å²) in [6.07, 6.45) is 1.72. The van der Waals surface area contributed by atoms with E-state index in [0.29, 0.717) is 17.2 Å². The third-order valence-electron chi connectivity index (χ3n) is 2.43. The summed E-state index contributed by atoms with van der Waals surface area (Å²) in [6, 6.07) is 7.05. The van der Waals surface area contributed by atoms with Crippen molar-refractivity contribution in [3.8, 4) is 0 Å². The molecule has 18 heavy (non-hydrogen) atoms. The van der Waals surface area contributed by atoms with Gasteiger partial charge in [-0.05, 0) is 18.6 Å². The molecule has 1 heterocycles. The summed E-state index contributed by atoms with van der Waals surface area (Å²) in [5.41, 5.74) is 6.81. The molecule has 2 aromatic rings. The number of para-hydroxylation sites is 2. The second-order valence-corrected chi connectivity index (χ2v) is 3.90. The van der Waals surface area contributed by atoms with Crippen LogP contribution in [0.25, 0.3) is 0 Å². The number of benzene rings is 1. The van der Waals surface area contributed by atoms with Gasteiger partial charge in [-0.3, -0.25) is 9.89 Å². The van der Waals surface area contributed by atoms with Crippen LogP contribution in [0.15, 0.2) is 24.3 Å². The van der Waals surface area contributed by atoms with Crippen LogP contribution in [0.4, 0.5) is 11.4 Å². The molecule has 0 atom stereocenters. The number of aryl methyl sites for hydroxylation is 1. The Bertz CT molecular complexity index is 549. The highest BCUT2D eigenvalue weighted by molar-refractivity contribution is 6.03. The Balaban J connectivity index is 2.10. The highest BCUT2D eigenvalue weighted by Crippen LogP contribution is 2.17. The highest BCUT2D eigenvalue weighted by atomic mass is 16.2. The lowest BCUT2D eigenvalue weighted by molar-refractivity contribution is 0.101. The van der Waals surface area contributed by atoms with E-state index < -0.39 is 0 Å². The van der Waals surface area contributed by atoms with Crippen molar-refractivity contribution >= 4 is 17.3 Å². The minimum absolute atomic E-state index is 0.127. The third kappa shape index (κ3) is 2.65. The standard InChI is InChI=1S/C12H15N5O/c1-2-5-10-15-11(17-16-10)12(18)14-9-7-4-3-6-8(9)13/h3-4,6-7H,2,5,13H2,1H3,(H,14,18)(H,15,16,17). The van der Waals surface area contributed by atoms with Crippen molar-refractivity contribution in [2.45, 2.75) is 19.8 Å². The lowest BCUT2D eigenvalue weighted by atomic mass is 10.2. The number of hydrogen-bond donors (Lipinski definition) is 3. The Morgan fingerprint density at radius 3 is 2.94 bits per heavy atom. The number of rotatable bonds is 4. The first-order valence-corrected chi connectivity index (χ1v) is 5.78. The van der Waals surface area contributed by atoms with E-state index in [1.54, 1.807) is 24.3 Å². The molecule has 0 saturated carbocycles. The quantitative estimate of drug-likeness (QED) is 0.712. The number of nitrogens with one attached hydrogen (secondary N) is 2. The van der Waals surface area contributed by atoms with E-state index in [-0.39, 0.29) is 11.7 Å². The highest BCUT2D eigenvalue weighted by Gasteiger charge is 2.13. The van der Waals surface area contributed by atoms with Gasteiger partial charge in [0.05, 0.1) is 11.4 Å². The van der Waals surface area contributed by atoms with E-state index in [0.717, 1.165) is 12.8 Å². The Labute approximate surface area is 105 Å². The van der Waals surface area contributed by atoms with Crippen LogP contribution in [0.5, 0.6) is 0 Å². The first-order chi connectivity index (χ1) is 8.70. The van der Waals surface area contributed by atoms with Crippen LogP contribution in [0.1, 0.15) is 29.8 Å². The topological polar surface area (TPSA) is 96.7 Å². The minimum Gasteiger partial charge on any atom is -0.397 e. The molecular formula is C12H15N5O. The maximum absolute atomic E-state index is 11.9. The molecule has 0 bridgehead atoms. The lowest BCUT2D eigenvalue weighted by Crippen LogP contribution is -2.14. The fourth-order valence-corrected chi connectivity index (χ4v) is 1.53. The van der Waals surface area contributed by atoms with E-state index >= 15 is 0 Å². The molecule has 4 N–H and O–H groups in total. The molecule has 0 aliphatic carbocycles. The summed E-state index contributed by atoms with van der Waals surface area (Å²) >= 11 is 0. The van der Waals surface area contributed by atoms with Gasteiger partial charge in [0.25, 0.3) is 5.91 Å². The smallest absolute Gasteiger partial charge is 0.295 e. The number of anilines is 2. The Hall–Kier alpha value is -2.37. The predicted octanol–water partition coefficient (Wildman–Crippen LogP) is 1.59. The van der Waals surface area contributed by atoms with Crippen LogP contribution in [-0.2, 0) is 6.42 Å².